The van der Waals surface area contributed by atoms with Crippen LogP contribution in [0.4, 0.5) is 32.0 Å². The maximum atomic E-state index is 12.8. The van der Waals surface area contributed by atoms with Gasteiger partial charge >= 0.3 is 12.4 Å². The highest BCUT2D eigenvalue weighted by Gasteiger charge is 2.35. The highest BCUT2D eigenvalue weighted by molar-refractivity contribution is 5.46. The van der Waals surface area contributed by atoms with E-state index in [0.29, 0.717) is 0 Å². The summed E-state index contributed by atoms with van der Waals surface area (Å²) in [7, 11) is 0. The summed E-state index contributed by atoms with van der Waals surface area (Å²) in [4.78, 5) is 0.890. The molecule has 114 valence electrons. The molecule has 0 aliphatic carbocycles. The fraction of sp³-hybridized carbons (Fsp3) is 0.500. The molecule has 0 aliphatic heterocycles. The number of anilines is 1. The van der Waals surface area contributed by atoms with Crippen molar-refractivity contribution in [2.24, 2.45) is 0 Å². The summed E-state index contributed by atoms with van der Waals surface area (Å²) in [6, 6.07) is 3.08. The van der Waals surface area contributed by atoms with Crippen LogP contribution < -0.4 is 5.73 Å². The van der Waals surface area contributed by atoms with Gasteiger partial charge < -0.3 is 5.73 Å². The largest absolute Gasteiger partial charge is 0.416 e. The molecule has 20 heavy (non-hydrogen) atoms. The predicted octanol–water partition coefficient (Wildman–Crippen LogP) is 3.67. The first-order valence-corrected chi connectivity index (χ1v) is 5.77. The summed E-state index contributed by atoms with van der Waals surface area (Å²) in [5.74, 6) is 0. The molecule has 0 atom stereocenters. The lowest BCUT2D eigenvalue weighted by molar-refractivity contribution is -0.147. The first-order valence-electron chi connectivity index (χ1n) is 5.77. The minimum Gasteiger partial charge on any atom is -0.399 e. The van der Waals surface area contributed by atoms with E-state index >= 15 is 0 Å². The van der Waals surface area contributed by atoms with E-state index in [4.69, 9.17) is 5.73 Å². The van der Waals surface area contributed by atoms with Crippen LogP contribution in [0.15, 0.2) is 18.2 Å². The van der Waals surface area contributed by atoms with Gasteiger partial charge in [-0.15, -0.1) is 0 Å². The van der Waals surface area contributed by atoms with Gasteiger partial charge in [-0.1, -0.05) is 13.0 Å². The number of halogens is 6. The molecular formula is C12H14F6N2. The molecule has 1 aromatic carbocycles. The number of nitrogen functional groups attached to an aromatic ring is 1. The third-order valence-corrected chi connectivity index (χ3v) is 2.68. The van der Waals surface area contributed by atoms with E-state index < -0.39 is 31.0 Å². The molecular weight excluding hydrogens is 286 g/mol. The normalized spacial score (nSPS) is 13.0. The SMILES string of the molecule is CCN(Cc1ccc(N)cc1C(F)(F)F)CC(F)(F)F. The van der Waals surface area contributed by atoms with E-state index in [-0.39, 0.29) is 17.8 Å². The van der Waals surface area contributed by atoms with Crippen molar-refractivity contribution in [3.63, 3.8) is 0 Å². The average molecular weight is 300 g/mol. The fourth-order valence-electron chi connectivity index (χ4n) is 1.77. The summed E-state index contributed by atoms with van der Waals surface area (Å²) in [6.07, 6.45) is -9.11. The number of nitrogens with two attached hydrogens (primary N) is 1. The van der Waals surface area contributed by atoms with Gasteiger partial charge in [0.25, 0.3) is 0 Å². The van der Waals surface area contributed by atoms with Gasteiger partial charge in [-0.05, 0) is 24.2 Å². The summed E-state index contributed by atoms with van der Waals surface area (Å²) in [5.41, 5.74) is 3.99. The molecule has 2 N–H and O–H groups in total. The molecule has 0 saturated carbocycles. The van der Waals surface area contributed by atoms with Gasteiger partial charge in [0, 0.05) is 12.2 Å². The summed E-state index contributed by atoms with van der Waals surface area (Å²) >= 11 is 0. The number of hydrogen-bond acceptors (Lipinski definition) is 2. The fourth-order valence-corrected chi connectivity index (χ4v) is 1.77. The van der Waals surface area contributed by atoms with Crippen molar-refractivity contribution in [3.05, 3.63) is 29.3 Å². The maximum absolute atomic E-state index is 12.8. The molecule has 0 radical (unpaired) electrons. The summed E-state index contributed by atoms with van der Waals surface area (Å²) < 4.78 is 75.4. The molecule has 0 unspecified atom stereocenters. The predicted molar refractivity (Wildman–Crippen MR) is 62.9 cm³/mol. The van der Waals surface area contributed by atoms with Crippen molar-refractivity contribution in [2.45, 2.75) is 25.8 Å². The Labute approximate surface area is 112 Å². The number of hydrogen-bond donors (Lipinski definition) is 1. The Morgan fingerprint density at radius 2 is 1.70 bits per heavy atom. The van der Waals surface area contributed by atoms with Crippen LogP contribution in [-0.2, 0) is 12.7 Å². The molecule has 1 rings (SSSR count). The topological polar surface area (TPSA) is 29.3 Å². The second-order valence-electron chi connectivity index (χ2n) is 4.33. The second-order valence-corrected chi connectivity index (χ2v) is 4.33. The van der Waals surface area contributed by atoms with E-state index in [1.165, 1.54) is 13.0 Å². The minimum atomic E-state index is -4.65. The molecule has 1 aromatic rings. The zero-order valence-electron chi connectivity index (χ0n) is 10.6. The third-order valence-electron chi connectivity index (χ3n) is 2.68. The van der Waals surface area contributed by atoms with Gasteiger partial charge in [-0.25, -0.2) is 0 Å². The number of nitrogens with zero attached hydrogens (tertiary/aromatic N) is 1. The van der Waals surface area contributed by atoms with Crippen LogP contribution in [0.3, 0.4) is 0 Å². The number of alkyl halides is 6. The van der Waals surface area contributed by atoms with Crippen molar-refractivity contribution in [1.29, 1.82) is 0 Å². The Morgan fingerprint density at radius 3 is 2.15 bits per heavy atom. The van der Waals surface area contributed by atoms with Crippen molar-refractivity contribution in [2.75, 3.05) is 18.8 Å². The Bertz CT molecular complexity index is 452. The van der Waals surface area contributed by atoms with Crippen LogP contribution in [-0.4, -0.2) is 24.2 Å². The summed E-state index contributed by atoms with van der Waals surface area (Å²) in [5, 5.41) is 0. The Balaban J connectivity index is 3.02. The van der Waals surface area contributed by atoms with Crippen molar-refractivity contribution < 1.29 is 26.3 Å². The van der Waals surface area contributed by atoms with Crippen molar-refractivity contribution >= 4 is 5.69 Å². The van der Waals surface area contributed by atoms with Crippen LogP contribution in [0.25, 0.3) is 0 Å². The lowest BCUT2D eigenvalue weighted by atomic mass is 10.1. The van der Waals surface area contributed by atoms with Crippen LogP contribution in [0.2, 0.25) is 0 Å². The smallest absolute Gasteiger partial charge is 0.399 e. The van der Waals surface area contributed by atoms with Gasteiger partial charge in [-0.3, -0.25) is 4.90 Å². The highest BCUT2D eigenvalue weighted by atomic mass is 19.4. The van der Waals surface area contributed by atoms with E-state index in [9.17, 15) is 26.3 Å². The van der Waals surface area contributed by atoms with E-state index in [1.807, 2.05) is 0 Å². The molecule has 0 bridgehead atoms. The van der Waals surface area contributed by atoms with E-state index in [0.717, 1.165) is 17.0 Å². The molecule has 0 spiro atoms. The van der Waals surface area contributed by atoms with Crippen molar-refractivity contribution in [3.8, 4) is 0 Å². The Kier molecular flexibility index (Phi) is 4.90. The standard InChI is InChI=1S/C12H14F6N2/c1-2-20(7-11(13,14)15)6-8-3-4-9(19)5-10(8)12(16,17)18/h3-5H,2,6-7,19H2,1H3. The number of benzene rings is 1. The van der Waals surface area contributed by atoms with Crippen LogP contribution in [0.1, 0.15) is 18.1 Å². The summed E-state index contributed by atoms with van der Waals surface area (Å²) in [6.45, 7) is -0.256. The highest BCUT2D eigenvalue weighted by Crippen LogP contribution is 2.34. The first-order chi connectivity index (χ1) is 9.03. The molecule has 0 aromatic heterocycles. The van der Waals surface area contributed by atoms with Crippen LogP contribution in [0.5, 0.6) is 0 Å². The Hall–Kier alpha value is -1.44. The zero-order chi connectivity index (χ0) is 15.6. The lowest BCUT2D eigenvalue weighted by Gasteiger charge is -2.24. The average Bonchev–Trinajstić information content (AvgIpc) is 2.27. The van der Waals surface area contributed by atoms with Gasteiger partial charge in [-0.2, -0.15) is 26.3 Å². The molecule has 0 heterocycles. The zero-order valence-corrected chi connectivity index (χ0v) is 10.6. The van der Waals surface area contributed by atoms with Crippen LogP contribution >= 0.6 is 0 Å². The molecule has 0 aliphatic rings. The van der Waals surface area contributed by atoms with Crippen LogP contribution in [0, 0.1) is 0 Å². The van der Waals surface area contributed by atoms with Gasteiger partial charge in [0.05, 0.1) is 12.1 Å². The monoisotopic (exact) mass is 300 g/mol. The molecule has 2 nitrogen and oxygen atoms in total. The lowest BCUT2D eigenvalue weighted by Crippen LogP contribution is -2.34. The minimum absolute atomic E-state index is 0.0127. The van der Waals surface area contributed by atoms with Gasteiger partial charge in [0.1, 0.15) is 0 Å². The van der Waals surface area contributed by atoms with Crippen molar-refractivity contribution in [1.82, 2.24) is 4.90 Å². The molecule has 8 heteroatoms. The van der Waals surface area contributed by atoms with Gasteiger partial charge in [0.15, 0.2) is 0 Å². The van der Waals surface area contributed by atoms with E-state index in [1.54, 1.807) is 0 Å². The maximum Gasteiger partial charge on any atom is 0.416 e. The molecule has 0 saturated heterocycles. The molecule has 0 fully saturated rings. The van der Waals surface area contributed by atoms with E-state index in [2.05, 4.69) is 0 Å². The van der Waals surface area contributed by atoms with Gasteiger partial charge in [0.2, 0.25) is 0 Å². The second kappa shape index (κ2) is 5.90. The third kappa shape index (κ3) is 4.92. The number of rotatable bonds is 4. The Morgan fingerprint density at radius 1 is 1.10 bits per heavy atom. The molecule has 0 amide bonds. The quantitative estimate of drug-likeness (QED) is 0.679. The first kappa shape index (κ1) is 16.6.